The van der Waals surface area contributed by atoms with Gasteiger partial charge in [-0.1, -0.05) is 24.3 Å². The van der Waals surface area contributed by atoms with Gasteiger partial charge in [0.25, 0.3) is 5.91 Å². The van der Waals surface area contributed by atoms with Gasteiger partial charge in [0.2, 0.25) is 0 Å². The van der Waals surface area contributed by atoms with E-state index in [4.69, 9.17) is 0 Å². The number of pyridine rings is 2. The molecule has 2 aromatic heterocycles. The van der Waals surface area contributed by atoms with Crippen molar-refractivity contribution in [3.05, 3.63) is 84.3 Å². The topological polar surface area (TPSA) is 54.9 Å². The van der Waals surface area contributed by atoms with Gasteiger partial charge in [-0.05, 0) is 35.9 Å². The first-order valence-electron chi connectivity index (χ1n) is 7.02. The quantitative estimate of drug-likeness (QED) is 0.803. The summed E-state index contributed by atoms with van der Waals surface area (Å²) in [7, 11) is 0. The van der Waals surface area contributed by atoms with E-state index in [1.165, 1.54) is 0 Å². The molecule has 0 saturated carbocycles. The number of benzene rings is 1. The molecular weight excluding hydrogens is 274 g/mol. The molecule has 108 valence electrons. The molecule has 3 aromatic rings. The number of hydrogen-bond acceptors (Lipinski definition) is 3. The Labute approximate surface area is 128 Å². The van der Waals surface area contributed by atoms with Gasteiger partial charge in [0, 0.05) is 36.3 Å². The average molecular weight is 289 g/mol. The lowest BCUT2D eigenvalue weighted by Crippen LogP contribution is -2.23. The largest absolute Gasteiger partial charge is 0.348 e. The fourth-order valence-electron chi connectivity index (χ4n) is 2.21. The van der Waals surface area contributed by atoms with Crippen LogP contribution in [-0.2, 0) is 6.54 Å². The van der Waals surface area contributed by atoms with Crippen molar-refractivity contribution in [2.75, 3.05) is 0 Å². The van der Waals surface area contributed by atoms with Crippen LogP contribution in [0.1, 0.15) is 15.9 Å². The van der Waals surface area contributed by atoms with Gasteiger partial charge in [-0.3, -0.25) is 14.8 Å². The Bertz CT molecular complexity index is 758. The first kappa shape index (κ1) is 13.9. The Morgan fingerprint density at radius 3 is 2.55 bits per heavy atom. The Balaban J connectivity index is 1.78. The minimum absolute atomic E-state index is 0.0958. The van der Waals surface area contributed by atoms with Crippen LogP contribution < -0.4 is 5.32 Å². The van der Waals surface area contributed by atoms with Gasteiger partial charge in [-0.2, -0.15) is 0 Å². The van der Waals surface area contributed by atoms with Gasteiger partial charge >= 0.3 is 0 Å². The summed E-state index contributed by atoms with van der Waals surface area (Å²) in [5, 5.41) is 2.93. The molecule has 0 spiro atoms. The minimum atomic E-state index is -0.0958. The molecule has 1 amide bonds. The predicted octanol–water partition coefficient (Wildman–Crippen LogP) is 3.07. The normalized spacial score (nSPS) is 10.2. The van der Waals surface area contributed by atoms with E-state index in [9.17, 15) is 4.79 Å². The molecule has 22 heavy (non-hydrogen) atoms. The molecule has 0 radical (unpaired) electrons. The van der Waals surface area contributed by atoms with Crippen LogP contribution in [0.25, 0.3) is 11.3 Å². The Morgan fingerprint density at radius 2 is 1.77 bits per heavy atom. The fourth-order valence-corrected chi connectivity index (χ4v) is 2.21. The SMILES string of the molecule is O=C(NCc1cccnc1-c1cccnc1)c1ccccc1. The third-order valence-corrected chi connectivity index (χ3v) is 3.30. The summed E-state index contributed by atoms with van der Waals surface area (Å²) in [4.78, 5) is 20.6. The molecule has 1 N–H and O–H groups in total. The molecule has 4 nitrogen and oxygen atoms in total. The van der Waals surface area contributed by atoms with Gasteiger partial charge in [0.05, 0.1) is 5.69 Å². The summed E-state index contributed by atoms with van der Waals surface area (Å²) in [6, 6.07) is 16.8. The summed E-state index contributed by atoms with van der Waals surface area (Å²) in [6.07, 6.45) is 5.24. The van der Waals surface area contributed by atoms with Crippen LogP contribution in [-0.4, -0.2) is 15.9 Å². The van der Waals surface area contributed by atoms with Crippen molar-refractivity contribution in [1.82, 2.24) is 15.3 Å². The first-order chi connectivity index (χ1) is 10.8. The maximum Gasteiger partial charge on any atom is 0.251 e. The van der Waals surface area contributed by atoms with E-state index < -0.39 is 0 Å². The number of hydrogen-bond donors (Lipinski definition) is 1. The molecule has 2 heterocycles. The van der Waals surface area contributed by atoms with Crippen molar-refractivity contribution in [1.29, 1.82) is 0 Å². The second-order valence-electron chi connectivity index (χ2n) is 4.80. The van der Waals surface area contributed by atoms with Gasteiger partial charge in [0.15, 0.2) is 0 Å². The standard InChI is InChI=1S/C18H15N3O/c22-18(14-6-2-1-3-7-14)21-13-16-9-5-11-20-17(16)15-8-4-10-19-12-15/h1-12H,13H2,(H,21,22). The second-order valence-corrected chi connectivity index (χ2v) is 4.80. The zero-order valence-electron chi connectivity index (χ0n) is 11.9. The molecule has 0 unspecified atom stereocenters. The molecule has 0 aliphatic carbocycles. The lowest BCUT2D eigenvalue weighted by Gasteiger charge is -2.09. The summed E-state index contributed by atoms with van der Waals surface area (Å²) in [6.45, 7) is 0.422. The van der Waals surface area contributed by atoms with E-state index in [1.54, 1.807) is 30.7 Å². The van der Waals surface area contributed by atoms with Crippen molar-refractivity contribution >= 4 is 5.91 Å². The zero-order valence-corrected chi connectivity index (χ0v) is 11.9. The number of carbonyl (C=O) groups excluding carboxylic acids is 1. The van der Waals surface area contributed by atoms with Crippen LogP contribution in [0, 0.1) is 0 Å². The Hall–Kier alpha value is -3.01. The third-order valence-electron chi connectivity index (χ3n) is 3.30. The van der Waals surface area contributed by atoms with Gasteiger partial charge < -0.3 is 5.32 Å². The van der Waals surface area contributed by atoms with Crippen molar-refractivity contribution in [3.63, 3.8) is 0 Å². The van der Waals surface area contributed by atoms with Gasteiger partial charge in [0.1, 0.15) is 0 Å². The summed E-state index contributed by atoms with van der Waals surface area (Å²) >= 11 is 0. The Kier molecular flexibility index (Phi) is 4.20. The van der Waals surface area contributed by atoms with Crippen molar-refractivity contribution in [2.24, 2.45) is 0 Å². The number of nitrogens with zero attached hydrogens (tertiary/aromatic N) is 2. The molecule has 3 rings (SSSR count). The maximum atomic E-state index is 12.1. The molecule has 4 heteroatoms. The van der Waals surface area contributed by atoms with Crippen LogP contribution in [0.3, 0.4) is 0 Å². The molecule has 0 fully saturated rings. The minimum Gasteiger partial charge on any atom is -0.348 e. The van der Waals surface area contributed by atoms with Crippen LogP contribution >= 0.6 is 0 Å². The smallest absolute Gasteiger partial charge is 0.251 e. The van der Waals surface area contributed by atoms with Crippen LogP contribution in [0.4, 0.5) is 0 Å². The van der Waals surface area contributed by atoms with E-state index in [0.717, 1.165) is 16.8 Å². The van der Waals surface area contributed by atoms with Crippen LogP contribution in [0.5, 0.6) is 0 Å². The first-order valence-corrected chi connectivity index (χ1v) is 7.02. The molecule has 0 bridgehead atoms. The summed E-state index contributed by atoms with van der Waals surface area (Å²) < 4.78 is 0. The van der Waals surface area contributed by atoms with E-state index in [2.05, 4.69) is 15.3 Å². The number of rotatable bonds is 4. The van der Waals surface area contributed by atoms with E-state index in [-0.39, 0.29) is 5.91 Å². The van der Waals surface area contributed by atoms with E-state index in [1.807, 2.05) is 42.5 Å². The van der Waals surface area contributed by atoms with Gasteiger partial charge in [-0.15, -0.1) is 0 Å². The summed E-state index contributed by atoms with van der Waals surface area (Å²) in [5.41, 5.74) is 3.38. The maximum absolute atomic E-state index is 12.1. The molecule has 0 aliphatic heterocycles. The molecule has 0 saturated heterocycles. The van der Waals surface area contributed by atoms with Crippen molar-refractivity contribution < 1.29 is 4.79 Å². The van der Waals surface area contributed by atoms with Gasteiger partial charge in [-0.25, -0.2) is 0 Å². The third kappa shape index (κ3) is 3.17. The van der Waals surface area contributed by atoms with Crippen LogP contribution in [0.15, 0.2) is 73.2 Å². The highest BCUT2D eigenvalue weighted by Crippen LogP contribution is 2.19. The van der Waals surface area contributed by atoms with Crippen molar-refractivity contribution in [2.45, 2.75) is 6.54 Å². The van der Waals surface area contributed by atoms with Crippen molar-refractivity contribution in [3.8, 4) is 11.3 Å². The highest BCUT2D eigenvalue weighted by Gasteiger charge is 2.09. The van der Waals surface area contributed by atoms with Crippen LogP contribution in [0.2, 0.25) is 0 Å². The lowest BCUT2D eigenvalue weighted by atomic mass is 10.1. The lowest BCUT2D eigenvalue weighted by molar-refractivity contribution is 0.0951. The number of amides is 1. The van der Waals surface area contributed by atoms with E-state index >= 15 is 0 Å². The zero-order chi connectivity index (χ0) is 15.2. The fraction of sp³-hybridized carbons (Fsp3) is 0.0556. The molecule has 0 aliphatic rings. The number of nitrogens with one attached hydrogen (secondary N) is 1. The summed E-state index contributed by atoms with van der Waals surface area (Å²) in [5.74, 6) is -0.0958. The number of carbonyl (C=O) groups is 1. The predicted molar refractivity (Wildman–Crippen MR) is 85.1 cm³/mol. The molecule has 0 atom stereocenters. The highest BCUT2D eigenvalue weighted by atomic mass is 16.1. The Morgan fingerprint density at radius 1 is 0.955 bits per heavy atom. The second kappa shape index (κ2) is 6.63. The van der Waals surface area contributed by atoms with E-state index in [0.29, 0.717) is 12.1 Å². The monoisotopic (exact) mass is 289 g/mol. The average Bonchev–Trinajstić information content (AvgIpc) is 2.61. The molecular formula is C18H15N3O. The molecule has 1 aromatic carbocycles. The highest BCUT2D eigenvalue weighted by molar-refractivity contribution is 5.94. The number of aromatic nitrogens is 2.